The highest BCUT2D eigenvalue weighted by molar-refractivity contribution is 5.95. The third kappa shape index (κ3) is 17.7. The molecule has 9 aliphatic rings. The average molecular weight is 1460 g/mol. The van der Waals surface area contributed by atoms with Gasteiger partial charge in [0.25, 0.3) is 11.8 Å². The maximum Gasteiger partial charge on any atom is 0.416 e. The lowest BCUT2D eigenvalue weighted by molar-refractivity contribution is -0.191. The van der Waals surface area contributed by atoms with Gasteiger partial charge in [0.15, 0.2) is 11.4 Å². The number of likely N-dealkylation sites (tertiary alicyclic amines) is 2. The molecule has 3 saturated heterocycles. The fourth-order valence-corrected chi connectivity index (χ4v) is 16.0. The minimum atomic E-state index is -4.37. The van der Waals surface area contributed by atoms with Crippen molar-refractivity contribution >= 4 is 55.0 Å². The van der Waals surface area contributed by atoms with Gasteiger partial charge in [0.05, 0.1) is 66.1 Å². The summed E-state index contributed by atoms with van der Waals surface area (Å²) in [5.41, 5.74) is 4.89. The molecule has 9 atom stereocenters. The van der Waals surface area contributed by atoms with E-state index in [1.165, 1.54) is 35.2 Å². The number of aromatic amines is 3. The lowest BCUT2D eigenvalue weighted by Gasteiger charge is -2.24. The number of amides is 4. The Morgan fingerprint density at radius 2 is 0.822 bits per heavy atom. The summed E-state index contributed by atoms with van der Waals surface area (Å²) in [6.45, 7) is 18.2. The van der Waals surface area contributed by atoms with Crippen LogP contribution in [0, 0.1) is 35.5 Å². The maximum absolute atomic E-state index is 13.5. The van der Waals surface area contributed by atoms with Crippen LogP contribution in [0.5, 0.6) is 0 Å². The Balaban J connectivity index is 0.000000161. The Morgan fingerprint density at radius 1 is 0.455 bits per heavy atom. The van der Waals surface area contributed by atoms with Crippen LogP contribution < -0.4 is 10.6 Å². The van der Waals surface area contributed by atoms with Gasteiger partial charge in [-0.1, -0.05) is 54.6 Å². The summed E-state index contributed by atoms with van der Waals surface area (Å²) < 4.78 is 130. The first-order valence-corrected chi connectivity index (χ1v) is 33.3. The molecule has 0 bridgehead atoms. The molecule has 548 valence electrons. The summed E-state index contributed by atoms with van der Waals surface area (Å²) in [5, 5.41) is 27.5. The van der Waals surface area contributed by atoms with Gasteiger partial charge in [-0.05, 0) is 181 Å². The molecule has 3 saturated carbocycles. The molecule has 0 spiro atoms. The van der Waals surface area contributed by atoms with E-state index >= 15 is 0 Å². The van der Waals surface area contributed by atoms with Crippen molar-refractivity contribution in [3.63, 3.8) is 0 Å². The number of halogens is 11. The summed E-state index contributed by atoms with van der Waals surface area (Å²) in [6, 6.07) is 17.8. The lowest BCUT2D eigenvalue weighted by Crippen LogP contribution is -2.34. The first kappa shape index (κ1) is 77.2. The smallest absolute Gasteiger partial charge is 0.416 e. The summed E-state index contributed by atoms with van der Waals surface area (Å²) in [6.07, 6.45) is -7.20. The number of aromatic nitrogens is 6. The van der Waals surface area contributed by atoms with Crippen LogP contribution in [0.3, 0.4) is 0 Å². The predicted octanol–water partition coefficient (Wildman–Crippen LogP) is 13.6. The molecule has 6 fully saturated rings. The Kier molecular flexibility index (Phi) is 23.6. The summed E-state index contributed by atoms with van der Waals surface area (Å²) >= 11 is 0. The quantitative estimate of drug-likeness (QED) is 0.101. The van der Waals surface area contributed by atoms with E-state index in [1.807, 2.05) is 25.7 Å². The van der Waals surface area contributed by atoms with Gasteiger partial charge in [-0.25, -0.2) is 9.59 Å². The van der Waals surface area contributed by atoms with E-state index in [4.69, 9.17) is 19.1 Å². The van der Waals surface area contributed by atoms with Crippen LogP contribution in [-0.2, 0) is 76.9 Å². The molecule has 3 aromatic carbocycles. The number of rotatable bonds is 5. The molecule has 4 amide bonds. The van der Waals surface area contributed by atoms with E-state index < -0.39 is 52.5 Å². The molecule has 6 aromatic rings. The van der Waals surface area contributed by atoms with Gasteiger partial charge < -0.3 is 29.9 Å². The second-order valence-corrected chi connectivity index (χ2v) is 29.2. The first-order valence-electron chi connectivity index (χ1n) is 33.3. The number of hydrogen-bond donors (Lipinski definition) is 5. The maximum atomic E-state index is 13.5. The summed E-state index contributed by atoms with van der Waals surface area (Å²) in [7, 11) is 0. The number of hydrogen-bond acceptors (Lipinski definition) is 13. The highest BCUT2D eigenvalue weighted by Crippen LogP contribution is 2.52. The Morgan fingerprint density at radius 3 is 1.22 bits per heavy atom. The van der Waals surface area contributed by atoms with Crippen LogP contribution in [0.25, 0.3) is 0 Å². The highest BCUT2D eigenvalue weighted by atomic mass is 35.5. The molecule has 0 radical (unpaired) electrons. The molecule has 3 unspecified atom stereocenters. The van der Waals surface area contributed by atoms with E-state index in [2.05, 4.69) is 41.2 Å². The molecule has 3 aliphatic carbocycles. The fourth-order valence-electron chi connectivity index (χ4n) is 16.0. The van der Waals surface area contributed by atoms with Gasteiger partial charge in [0.2, 0.25) is 0 Å². The fraction of sp³-hybridized carbons (Fsp3) is 0.543. The third-order valence-electron chi connectivity index (χ3n) is 20.3. The molecule has 101 heavy (non-hydrogen) atoms. The lowest BCUT2D eigenvalue weighted by atomic mass is 9.91. The molecular formula is C70H83Cl2F9N12O8. The molecule has 3 aromatic heterocycles. The molecule has 6 aliphatic heterocycles. The van der Waals surface area contributed by atoms with Crippen LogP contribution in [-0.4, -0.2) is 131 Å². The molecule has 15 rings (SSSR count). The van der Waals surface area contributed by atoms with Gasteiger partial charge in [-0.3, -0.25) is 34.7 Å². The number of carbonyl (C=O) groups is 4. The van der Waals surface area contributed by atoms with Crippen molar-refractivity contribution in [3.05, 3.63) is 158 Å². The van der Waals surface area contributed by atoms with Crippen molar-refractivity contribution in [2.75, 3.05) is 39.3 Å². The van der Waals surface area contributed by atoms with Crippen LogP contribution >= 0.6 is 24.8 Å². The molecule has 31 heteroatoms. The topological polar surface area (TPSA) is 244 Å². The monoisotopic (exact) mass is 1460 g/mol. The SMILES string of the molecule is CC(C)(C)OC(=O)N1Cc2[nH]nc(C(=O)N3C[C@H]4CC(c5ccccc5C(F)(F)F)C[C@H]4C3)c2C1.CC(C)(C)OC(=O)N1Cc2cn[nH]c2C1.Cl.Cl.FC(F)(F)c1ccccc1C1C[C@H]2CNC[C@H]2C1.O=C(c1n[nH]c2c1CNC2)N1C[C@H]2CC(c3ccccc3C(F)(F)F)C[C@H]2C1.O=C=O. The van der Waals surface area contributed by atoms with Crippen molar-refractivity contribution in [2.24, 2.45) is 35.5 Å². The van der Waals surface area contributed by atoms with Crippen LogP contribution in [0.4, 0.5) is 49.1 Å². The standard InChI is InChI=1S/C25H29F3N4O3.C20H21F3N4O.C14H16F3N.C10H15N3O2.CO2.2ClH/c1-24(2,3)35-23(34)32-12-18-20(13-32)29-30-21(18)22(33)31-10-15-8-14(9-16(15)11-31)17-6-4-5-7-19(17)25(26,27)28;21-20(22,23)16-4-2-1-3-14(16)11-5-12-9-27(10-13(12)6-11)19(28)18-15-7-24-8-17(15)25-26-18;15-14(16,17)13-4-2-1-3-12(13)9-5-10-7-18-8-11(10)6-9;1-10(2,3)15-9(14)13-5-7-4-11-12-8(7)6-13;2-1-3;;/h4-7,14-16H,8-13H2,1-3H3,(H,29,30);1-4,11-13,24H,5-10H2,(H,25,26);1-4,9-11,18H,5-8H2;4H,5-6H2,1-3H3,(H,11,12);;2*1H/t14?,15-,16+;11?,12-,13+;9?,10-,11+;;;;. The normalized spacial score (nSPS) is 23.7. The van der Waals surface area contributed by atoms with E-state index in [9.17, 15) is 58.7 Å². The number of nitrogens with one attached hydrogen (secondary N) is 5. The second kappa shape index (κ2) is 30.9. The van der Waals surface area contributed by atoms with Crippen molar-refractivity contribution in [3.8, 4) is 0 Å². The number of fused-ring (bicyclic) bond motifs is 6. The van der Waals surface area contributed by atoms with E-state index in [-0.39, 0.29) is 96.8 Å². The Labute approximate surface area is 590 Å². The van der Waals surface area contributed by atoms with E-state index in [0.29, 0.717) is 130 Å². The second-order valence-electron chi connectivity index (χ2n) is 29.2. The van der Waals surface area contributed by atoms with Crippen molar-refractivity contribution in [2.45, 2.75) is 167 Å². The van der Waals surface area contributed by atoms with E-state index in [0.717, 1.165) is 60.2 Å². The number of alkyl halides is 9. The Bertz CT molecular complexity index is 3890. The van der Waals surface area contributed by atoms with Gasteiger partial charge >= 0.3 is 36.9 Å². The molecule has 20 nitrogen and oxygen atoms in total. The molecular weight excluding hydrogens is 1380 g/mol. The number of H-pyrrole nitrogens is 3. The van der Waals surface area contributed by atoms with Gasteiger partial charge in [-0.2, -0.15) is 64.4 Å². The van der Waals surface area contributed by atoms with Crippen molar-refractivity contribution in [1.82, 2.24) is 60.8 Å². The zero-order valence-corrected chi connectivity index (χ0v) is 58.2. The Hall–Kier alpha value is -7.98. The average Bonchev–Trinajstić information content (AvgIpc) is 1.58. The van der Waals surface area contributed by atoms with Crippen molar-refractivity contribution in [1.29, 1.82) is 0 Å². The van der Waals surface area contributed by atoms with Gasteiger partial charge in [0, 0.05) is 56.0 Å². The zero-order chi connectivity index (χ0) is 71.1. The van der Waals surface area contributed by atoms with E-state index in [1.54, 1.807) is 73.2 Å². The summed E-state index contributed by atoms with van der Waals surface area (Å²) in [4.78, 5) is 73.4. The third-order valence-corrected chi connectivity index (χ3v) is 20.3. The van der Waals surface area contributed by atoms with Crippen LogP contribution in [0.1, 0.15) is 186 Å². The number of carbonyl (C=O) groups excluding carboxylic acids is 6. The highest BCUT2D eigenvalue weighted by Gasteiger charge is 2.49. The zero-order valence-electron chi connectivity index (χ0n) is 56.5. The van der Waals surface area contributed by atoms with Crippen molar-refractivity contribution < 1.29 is 77.8 Å². The van der Waals surface area contributed by atoms with Gasteiger partial charge in [0.1, 0.15) is 11.2 Å². The minimum Gasteiger partial charge on any atom is -0.444 e. The molecule has 9 heterocycles. The van der Waals surface area contributed by atoms with Gasteiger partial charge in [-0.15, -0.1) is 24.8 Å². The summed E-state index contributed by atoms with van der Waals surface area (Å²) in [5.74, 6) is 1.53. The minimum absolute atomic E-state index is 0. The first-order chi connectivity index (χ1) is 46.7. The predicted molar refractivity (Wildman–Crippen MR) is 353 cm³/mol. The molecule has 5 N–H and O–H groups in total. The number of benzene rings is 3. The van der Waals surface area contributed by atoms with Crippen LogP contribution in [0.15, 0.2) is 79.0 Å². The largest absolute Gasteiger partial charge is 0.444 e. The number of nitrogens with zero attached hydrogens (tertiary/aromatic N) is 7. The number of ether oxygens (including phenoxy) is 2. The van der Waals surface area contributed by atoms with Crippen LogP contribution in [0.2, 0.25) is 0 Å².